The van der Waals surface area contributed by atoms with E-state index in [1.54, 1.807) is 18.2 Å². The van der Waals surface area contributed by atoms with Crippen molar-refractivity contribution in [1.82, 2.24) is 9.03 Å². The molecule has 1 aliphatic heterocycles. The number of carbonyl (C=O) groups excluding carboxylic acids is 1. The first-order valence-electron chi connectivity index (χ1n) is 9.68. The maximum Gasteiger partial charge on any atom is 0.280 e. The maximum atomic E-state index is 13.4. The van der Waals surface area contributed by atoms with Crippen LogP contribution in [0.15, 0.2) is 54.1 Å². The molecule has 176 valence electrons. The minimum Gasteiger partial charge on any atom is -0.325 e. The van der Waals surface area contributed by atoms with Crippen LogP contribution in [0.3, 0.4) is 0 Å². The van der Waals surface area contributed by atoms with E-state index in [-0.39, 0.29) is 17.1 Å². The zero-order valence-corrected chi connectivity index (χ0v) is 19.9. The molecule has 0 bridgehead atoms. The number of rotatable bonds is 7. The number of nitrogens with one attached hydrogen (secondary N) is 2. The van der Waals surface area contributed by atoms with Crippen LogP contribution in [0.1, 0.15) is 22.2 Å². The highest BCUT2D eigenvalue weighted by Gasteiger charge is 2.41. The van der Waals surface area contributed by atoms with E-state index in [0.29, 0.717) is 15.5 Å². The van der Waals surface area contributed by atoms with Crippen molar-refractivity contribution < 1.29 is 22.0 Å². The number of halogens is 3. The Kier molecular flexibility index (Phi) is 8.14. The molecule has 0 radical (unpaired) electrons. The van der Waals surface area contributed by atoms with Gasteiger partial charge < -0.3 is 5.32 Å². The topological polar surface area (TPSA) is 90.9 Å². The summed E-state index contributed by atoms with van der Waals surface area (Å²) < 4.78 is 54.8. The molecule has 2 N–H and O–H groups in total. The summed E-state index contributed by atoms with van der Waals surface area (Å²) in [5.74, 6) is -1.21. The minimum atomic E-state index is -3.96. The second-order valence-corrected chi connectivity index (χ2v) is 10.3. The van der Waals surface area contributed by atoms with E-state index < -0.39 is 40.7 Å². The van der Waals surface area contributed by atoms with E-state index in [4.69, 9.17) is 11.6 Å². The normalized spacial score (nSPS) is 21.3. The Balaban J connectivity index is 1.85. The van der Waals surface area contributed by atoms with Gasteiger partial charge in [0.2, 0.25) is 5.91 Å². The number of anilines is 1. The highest BCUT2D eigenvalue weighted by Crippen LogP contribution is 2.35. The fraction of sp³-hybridized carbons (Fsp3) is 0.238. The molecule has 1 aromatic carbocycles. The Morgan fingerprint density at radius 1 is 1.42 bits per heavy atom. The van der Waals surface area contributed by atoms with Gasteiger partial charge in [0.05, 0.1) is 21.6 Å². The van der Waals surface area contributed by atoms with Gasteiger partial charge in [-0.1, -0.05) is 24.3 Å². The monoisotopic (exact) mass is 514 g/mol. The molecule has 1 amide bonds. The lowest BCUT2D eigenvalue weighted by atomic mass is 10.1. The Hall–Kier alpha value is -2.44. The summed E-state index contributed by atoms with van der Waals surface area (Å²) in [7, 11) is -2.66. The van der Waals surface area contributed by atoms with E-state index in [9.17, 15) is 22.0 Å². The molecule has 2 heterocycles. The number of likely N-dealkylation sites (N-methyl/N-ethyl adjacent to an activating group) is 1. The third-order valence-corrected chi connectivity index (χ3v) is 7.96. The molecule has 0 aliphatic carbocycles. The molecule has 1 aliphatic rings. The Morgan fingerprint density at radius 3 is 2.85 bits per heavy atom. The smallest absolute Gasteiger partial charge is 0.280 e. The van der Waals surface area contributed by atoms with Gasteiger partial charge in [-0.05, 0) is 42.8 Å². The van der Waals surface area contributed by atoms with Crippen LogP contribution in [0.5, 0.6) is 0 Å². The Morgan fingerprint density at radius 2 is 2.18 bits per heavy atom. The largest absolute Gasteiger partial charge is 0.325 e. The summed E-state index contributed by atoms with van der Waals surface area (Å²) in [5.41, 5.74) is 0.729. The highest BCUT2D eigenvalue weighted by molar-refractivity contribution is 7.87. The van der Waals surface area contributed by atoms with Gasteiger partial charge in [-0.15, -0.1) is 11.3 Å². The van der Waals surface area contributed by atoms with Crippen LogP contribution in [0.2, 0.25) is 5.02 Å². The van der Waals surface area contributed by atoms with Gasteiger partial charge in [0.25, 0.3) is 10.2 Å². The molecule has 12 heteroatoms. The molecule has 1 saturated heterocycles. The average Bonchev–Trinajstić information content (AvgIpc) is 3.25. The van der Waals surface area contributed by atoms with E-state index in [1.807, 2.05) is 0 Å². The molecule has 7 nitrogen and oxygen atoms in total. The second kappa shape index (κ2) is 10.7. The third kappa shape index (κ3) is 5.92. The summed E-state index contributed by atoms with van der Waals surface area (Å²) in [5, 5.41) is 2.42. The average molecular weight is 515 g/mol. The number of hydrogen-bond donors (Lipinski definition) is 2. The number of hydrogen-bond acceptors (Lipinski definition) is 5. The molecular weight excluding hydrogens is 494 g/mol. The number of aliphatic imine (C=N–C) groups is 1. The first-order valence-corrected chi connectivity index (χ1v) is 12.3. The van der Waals surface area contributed by atoms with Crippen molar-refractivity contribution >= 4 is 56.7 Å². The summed E-state index contributed by atoms with van der Waals surface area (Å²) in [4.78, 5) is 18.3. The number of alkyl halides is 1. The van der Waals surface area contributed by atoms with Crippen LogP contribution in [-0.2, 0) is 15.0 Å². The first kappa shape index (κ1) is 25.2. The van der Waals surface area contributed by atoms with Gasteiger partial charge in [-0.3, -0.25) is 9.79 Å². The van der Waals surface area contributed by atoms with Gasteiger partial charge in [0.15, 0.2) is 0 Å². The molecular formula is C21H21ClF2N4O3S2. The lowest BCUT2D eigenvalue weighted by molar-refractivity contribution is -0.120. The molecule has 2 aromatic rings. The molecule has 33 heavy (non-hydrogen) atoms. The maximum absolute atomic E-state index is 13.4. The lowest BCUT2D eigenvalue weighted by Crippen LogP contribution is -2.55. The SMILES string of the molecule is C=C/C=C(\N=CCF)c1ccc([C@H]2C[C@@H](C(=O)Nc3ccc(F)c(Cl)c3)N(C)S(=O)(=O)N2)s1. The summed E-state index contributed by atoms with van der Waals surface area (Å²) >= 11 is 7.03. The number of nitrogens with zero attached hydrogens (tertiary/aromatic N) is 2. The van der Waals surface area contributed by atoms with E-state index in [1.165, 1.54) is 36.6 Å². The van der Waals surface area contributed by atoms with Crippen molar-refractivity contribution in [3.05, 3.63) is 69.7 Å². The van der Waals surface area contributed by atoms with E-state index in [0.717, 1.165) is 16.6 Å². The van der Waals surface area contributed by atoms with Crippen molar-refractivity contribution in [2.45, 2.75) is 18.5 Å². The Labute approximate surface area is 199 Å². The van der Waals surface area contributed by atoms with Crippen LogP contribution < -0.4 is 10.0 Å². The van der Waals surface area contributed by atoms with Gasteiger partial charge >= 0.3 is 0 Å². The molecule has 1 fully saturated rings. The van der Waals surface area contributed by atoms with Crippen molar-refractivity contribution in [3.63, 3.8) is 0 Å². The number of thiophene rings is 1. The summed E-state index contributed by atoms with van der Waals surface area (Å²) in [6, 6.07) is 5.47. The standard InChI is InChI=1S/C21H21ClF2N4O3S2/c1-3-4-16(25-10-9-23)19-7-8-20(32-19)17-12-18(28(2)33(30,31)27-17)21(29)26-13-5-6-15(24)14(22)11-13/h3-8,10-11,17-18,27H,1,9,12H2,2H3,(H,26,29)/b16-4-,25-10?/t17-,18+/m1/s1. The molecule has 1 aromatic heterocycles. The quantitative estimate of drug-likeness (QED) is 0.425. The predicted octanol–water partition coefficient (Wildman–Crippen LogP) is 4.33. The van der Waals surface area contributed by atoms with Crippen molar-refractivity contribution in [2.24, 2.45) is 4.99 Å². The zero-order chi connectivity index (χ0) is 24.2. The molecule has 2 atom stereocenters. The van der Waals surface area contributed by atoms with Crippen LogP contribution in [0, 0.1) is 5.82 Å². The highest BCUT2D eigenvalue weighted by atomic mass is 35.5. The molecule has 3 rings (SSSR count). The summed E-state index contributed by atoms with van der Waals surface area (Å²) in [6.45, 7) is 2.90. The summed E-state index contributed by atoms with van der Waals surface area (Å²) in [6.07, 6.45) is 4.40. The number of amides is 1. The third-order valence-electron chi connectivity index (χ3n) is 4.86. The van der Waals surface area contributed by atoms with Gasteiger partial charge in [0.1, 0.15) is 18.5 Å². The fourth-order valence-corrected chi connectivity index (χ4v) is 5.78. The lowest BCUT2D eigenvalue weighted by Gasteiger charge is -2.35. The van der Waals surface area contributed by atoms with Crippen molar-refractivity contribution in [2.75, 3.05) is 19.0 Å². The van der Waals surface area contributed by atoms with Crippen molar-refractivity contribution in [1.29, 1.82) is 0 Å². The number of benzene rings is 1. The minimum absolute atomic E-state index is 0.144. The first-order chi connectivity index (χ1) is 15.7. The number of carbonyl (C=O) groups is 1. The second-order valence-electron chi connectivity index (χ2n) is 7.02. The van der Waals surface area contributed by atoms with Crippen LogP contribution in [0.4, 0.5) is 14.5 Å². The zero-order valence-electron chi connectivity index (χ0n) is 17.5. The van der Waals surface area contributed by atoms with Gasteiger partial charge in [0, 0.05) is 23.8 Å². The van der Waals surface area contributed by atoms with E-state index >= 15 is 0 Å². The van der Waals surface area contributed by atoms with Crippen molar-refractivity contribution in [3.8, 4) is 0 Å². The Bertz CT molecular complexity index is 1210. The van der Waals surface area contributed by atoms with Gasteiger partial charge in [-0.2, -0.15) is 17.4 Å². The van der Waals surface area contributed by atoms with Gasteiger partial charge in [-0.25, -0.2) is 8.78 Å². The fourth-order valence-electron chi connectivity index (χ4n) is 3.21. The van der Waals surface area contributed by atoms with Crippen LogP contribution in [0.25, 0.3) is 5.70 Å². The molecule has 0 saturated carbocycles. The van der Waals surface area contributed by atoms with E-state index in [2.05, 4.69) is 21.6 Å². The molecule has 0 spiro atoms. The van der Waals surface area contributed by atoms with Crippen LogP contribution in [-0.4, -0.2) is 44.6 Å². The molecule has 0 unspecified atom stereocenters. The predicted molar refractivity (Wildman–Crippen MR) is 128 cm³/mol. The van der Waals surface area contributed by atoms with Crippen LogP contribution >= 0.6 is 22.9 Å². The number of allylic oxidation sites excluding steroid dienone is 2.